The first-order chi connectivity index (χ1) is 7.24. The summed E-state index contributed by atoms with van der Waals surface area (Å²) in [5, 5.41) is 5.63. The highest BCUT2D eigenvalue weighted by atomic mass is 32.1. The molecule has 1 heterocycles. The first-order valence-electron chi connectivity index (χ1n) is 5.40. The quantitative estimate of drug-likeness (QED) is 0.751. The van der Waals surface area contributed by atoms with Gasteiger partial charge in [-0.1, -0.05) is 25.8 Å². The molecule has 1 aromatic heterocycles. The van der Waals surface area contributed by atoms with E-state index in [0.717, 1.165) is 6.54 Å². The molecule has 0 spiro atoms. The number of rotatable bonds is 5. The molecule has 1 N–H and O–H groups in total. The van der Waals surface area contributed by atoms with Crippen LogP contribution in [-0.4, -0.2) is 6.54 Å². The summed E-state index contributed by atoms with van der Waals surface area (Å²) in [6.45, 7) is 7.18. The van der Waals surface area contributed by atoms with Gasteiger partial charge in [0.25, 0.3) is 0 Å². The summed E-state index contributed by atoms with van der Waals surface area (Å²) in [4.78, 5) is 1.42. The molecule has 0 saturated heterocycles. The third kappa shape index (κ3) is 4.51. The number of hydrogen-bond acceptors (Lipinski definition) is 2. The minimum atomic E-state index is 0.464. The number of thiophene rings is 1. The first kappa shape index (κ1) is 12.3. The maximum Gasteiger partial charge on any atom is 0.0581 e. The topological polar surface area (TPSA) is 12.0 Å². The van der Waals surface area contributed by atoms with Gasteiger partial charge in [-0.05, 0) is 30.7 Å². The molecule has 0 aliphatic carbocycles. The van der Waals surface area contributed by atoms with Crippen LogP contribution in [0, 0.1) is 17.8 Å². The molecule has 1 nitrogen and oxygen atoms in total. The molecule has 0 bridgehead atoms. The molecule has 0 aliphatic heterocycles. The van der Waals surface area contributed by atoms with Crippen molar-refractivity contribution in [2.24, 2.45) is 5.92 Å². The normalized spacial score (nSPS) is 12.3. The molecule has 1 atom stereocenters. The van der Waals surface area contributed by atoms with Gasteiger partial charge in [0, 0.05) is 10.9 Å². The van der Waals surface area contributed by atoms with Crippen LogP contribution in [0.5, 0.6) is 0 Å². The molecule has 0 fully saturated rings. The van der Waals surface area contributed by atoms with E-state index >= 15 is 0 Å². The molecule has 1 rings (SSSR count). The lowest BCUT2D eigenvalue weighted by Gasteiger charge is -2.18. The zero-order chi connectivity index (χ0) is 11.1. The second-order valence-corrected chi connectivity index (χ2v) is 4.98. The summed E-state index contributed by atoms with van der Waals surface area (Å²) in [5.41, 5.74) is 0. The van der Waals surface area contributed by atoms with E-state index in [4.69, 9.17) is 0 Å². The Hall–Kier alpha value is -0.780. The van der Waals surface area contributed by atoms with E-state index in [2.05, 4.69) is 48.5 Å². The van der Waals surface area contributed by atoms with Crippen molar-refractivity contribution >= 4 is 11.3 Å². The average molecular weight is 221 g/mol. The van der Waals surface area contributed by atoms with E-state index in [1.807, 2.05) is 18.3 Å². The van der Waals surface area contributed by atoms with Crippen molar-refractivity contribution in [2.45, 2.75) is 33.2 Å². The van der Waals surface area contributed by atoms with Crippen molar-refractivity contribution in [3.8, 4) is 11.8 Å². The molecule has 0 amide bonds. The fourth-order valence-corrected chi connectivity index (χ4v) is 2.34. The van der Waals surface area contributed by atoms with Gasteiger partial charge in [-0.2, -0.15) is 0 Å². The van der Waals surface area contributed by atoms with Gasteiger partial charge in [0.2, 0.25) is 0 Å². The van der Waals surface area contributed by atoms with Crippen LogP contribution in [0.2, 0.25) is 0 Å². The Bertz CT molecular complexity index is 316. The fourth-order valence-electron chi connectivity index (χ4n) is 1.52. The molecule has 0 aromatic carbocycles. The van der Waals surface area contributed by atoms with Crippen LogP contribution in [0.3, 0.4) is 0 Å². The van der Waals surface area contributed by atoms with Gasteiger partial charge in [-0.25, -0.2) is 0 Å². The predicted octanol–water partition coefficient (Wildman–Crippen LogP) is 3.45. The lowest BCUT2D eigenvalue weighted by Crippen LogP contribution is -2.22. The maximum absolute atomic E-state index is 3.49. The van der Waals surface area contributed by atoms with Crippen molar-refractivity contribution in [2.75, 3.05) is 6.54 Å². The minimum absolute atomic E-state index is 0.464. The van der Waals surface area contributed by atoms with Crippen molar-refractivity contribution in [1.82, 2.24) is 5.32 Å². The van der Waals surface area contributed by atoms with E-state index in [9.17, 15) is 0 Å². The van der Waals surface area contributed by atoms with Crippen molar-refractivity contribution in [3.63, 3.8) is 0 Å². The lowest BCUT2D eigenvalue weighted by molar-refractivity contribution is 0.452. The predicted molar refractivity (Wildman–Crippen MR) is 68.0 cm³/mol. The van der Waals surface area contributed by atoms with Crippen molar-refractivity contribution < 1.29 is 0 Å². The second kappa shape index (κ2) is 6.66. The number of nitrogens with one attached hydrogen (secondary N) is 1. The average Bonchev–Trinajstić information content (AvgIpc) is 2.68. The largest absolute Gasteiger partial charge is 0.299 e. The van der Waals surface area contributed by atoms with Crippen LogP contribution in [0.15, 0.2) is 17.5 Å². The summed E-state index contributed by atoms with van der Waals surface area (Å²) in [6, 6.07) is 4.77. The Kier molecular flexibility index (Phi) is 5.45. The lowest BCUT2D eigenvalue weighted by atomic mass is 10.0. The second-order valence-electron chi connectivity index (χ2n) is 4.01. The fraction of sp³-hybridized carbons (Fsp3) is 0.538. The SMILES string of the molecule is CC#CCNC(CC(C)C)c1cccs1. The third-order valence-corrected chi connectivity index (χ3v) is 3.19. The smallest absolute Gasteiger partial charge is 0.0581 e. The molecule has 0 radical (unpaired) electrons. The summed E-state index contributed by atoms with van der Waals surface area (Å²) >= 11 is 1.82. The van der Waals surface area contributed by atoms with Crippen LogP contribution in [0.25, 0.3) is 0 Å². The molecular weight excluding hydrogens is 202 g/mol. The summed E-state index contributed by atoms with van der Waals surface area (Å²) < 4.78 is 0. The van der Waals surface area contributed by atoms with Gasteiger partial charge in [-0.3, -0.25) is 5.32 Å². The van der Waals surface area contributed by atoms with Crippen LogP contribution in [0.1, 0.15) is 38.1 Å². The summed E-state index contributed by atoms with van der Waals surface area (Å²) in [5.74, 6) is 6.68. The van der Waals surface area contributed by atoms with Gasteiger partial charge in [0.1, 0.15) is 0 Å². The summed E-state index contributed by atoms with van der Waals surface area (Å²) in [6.07, 6.45) is 1.17. The van der Waals surface area contributed by atoms with E-state index in [-0.39, 0.29) is 0 Å². The molecule has 1 unspecified atom stereocenters. The van der Waals surface area contributed by atoms with Gasteiger partial charge in [0.15, 0.2) is 0 Å². The maximum atomic E-state index is 3.49. The molecule has 15 heavy (non-hydrogen) atoms. The highest BCUT2D eigenvalue weighted by Gasteiger charge is 2.12. The third-order valence-electron chi connectivity index (χ3n) is 2.21. The molecule has 2 heteroatoms. The molecule has 82 valence electrons. The first-order valence-corrected chi connectivity index (χ1v) is 6.28. The highest BCUT2D eigenvalue weighted by Crippen LogP contribution is 2.24. The summed E-state index contributed by atoms with van der Waals surface area (Å²) in [7, 11) is 0. The van der Waals surface area contributed by atoms with Crippen LogP contribution in [-0.2, 0) is 0 Å². The Balaban J connectivity index is 2.56. The Labute approximate surface area is 96.9 Å². The molecular formula is C13H19NS. The van der Waals surface area contributed by atoms with Gasteiger partial charge >= 0.3 is 0 Å². The molecule has 1 aromatic rings. The van der Waals surface area contributed by atoms with Crippen molar-refractivity contribution in [1.29, 1.82) is 0 Å². The highest BCUT2D eigenvalue weighted by molar-refractivity contribution is 7.10. The van der Waals surface area contributed by atoms with Crippen LogP contribution >= 0.6 is 11.3 Å². The van der Waals surface area contributed by atoms with Crippen molar-refractivity contribution in [3.05, 3.63) is 22.4 Å². The van der Waals surface area contributed by atoms with Gasteiger partial charge in [0.05, 0.1) is 6.54 Å². The van der Waals surface area contributed by atoms with E-state index < -0.39 is 0 Å². The van der Waals surface area contributed by atoms with E-state index in [0.29, 0.717) is 12.0 Å². The zero-order valence-corrected chi connectivity index (χ0v) is 10.5. The Morgan fingerprint density at radius 1 is 1.47 bits per heavy atom. The minimum Gasteiger partial charge on any atom is -0.299 e. The molecule has 0 aliphatic rings. The van der Waals surface area contributed by atoms with Gasteiger partial charge < -0.3 is 0 Å². The van der Waals surface area contributed by atoms with E-state index in [1.165, 1.54) is 11.3 Å². The molecule has 0 saturated carbocycles. The van der Waals surface area contributed by atoms with Crippen LogP contribution in [0.4, 0.5) is 0 Å². The number of hydrogen-bond donors (Lipinski definition) is 1. The van der Waals surface area contributed by atoms with Crippen LogP contribution < -0.4 is 5.32 Å². The standard InChI is InChI=1S/C13H19NS/c1-4-5-8-14-12(10-11(2)3)13-7-6-9-15-13/h6-7,9,11-12,14H,8,10H2,1-3H3. The van der Waals surface area contributed by atoms with Gasteiger partial charge in [-0.15, -0.1) is 17.3 Å². The van der Waals surface area contributed by atoms with E-state index in [1.54, 1.807) is 0 Å². The Morgan fingerprint density at radius 2 is 2.27 bits per heavy atom. The zero-order valence-electron chi connectivity index (χ0n) is 9.71. The Morgan fingerprint density at radius 3 is 2.80 bits per heavy atom. The monoisotopic (exact) mass is 221 g/mol.